The van der Waals surface area contributed by atoms with Crippen LogP contribution in [0.3, 0.4) is 0 Å². The number of imide groups is 1. The number of fused-ring (bicyclic) bond motifs is 1. The van der Waals surface area contributed by atoms with Gasteiger partial charge in [0.15, 0.2) is 0 Å². The molecule has 7 nitrogen and oxygen atoms in total. The van der Waals surface area contributed by atoms with E-state index in [0.717, 1.165) is 0 Å². The molecule has 2 aromatic rings. The molecule has 2 heterocycles. The van der Waals surface area contributed by atoms with Crippen LogP contribution in [0, 0.1) is 0 Å². The minimum absolute atomic E-state index is 0.222. The van der Waals surface area contributed by atoms with Crippen LogP contribution in [0.15, 0.2) is 30.6 Å². The van der Waals surface area contributed by atoms with Crippen molar-refractivity contribution in [2.24, 2.45) is 0 Å². The summed E-state index contributed by atoms with van der Waals surface area (Å²) in [5.74, 6) is -1.16. The molecule has 0 bridgehead atoms. The third-order valence-corrected chi connectivity index (χ3v) is 3.28. The molecule has 1 saturated heterocycles. The first-order valence-corrected chi connectivity index (χ1v) is 6.49. The molecule has 7 heteroatoms. The molecule has 1 atom stereocenters. The second-order valence-corrected chi connectivity index (χ2v) is 4.74. The van der Waals surface area contributed by atoms with Crippen LogP contribution < -0.4 is 10.6 Å². The van der Waals surface area contributed by atoms with Gasteiger partial charge in [0.05, 0.1) is 11.0 Å². The number of nitrogens with one attached hydrogen (secondary N) is 2. The lowest BCUT2D eigenvalue weighted by molar-refractivity contribution is -0.134. The van der Waals surface area contributed by atoms with Crippen molar-refractivity contribution in [2.75, 3.05) is 0 Å². The maximum absolute atomic E-state index is 12.2. The number of amides is 3. The van der Waals surface area contributed by atoms with Crippen LogP contribution in [-0.4, -0.2) is 33.7 Å². The fourth-order valence-corrected chi connectivity index (χ4v) is 2.18. The van der Waals surface area contributed by atoms with Gasteiger partial charge in [-0.15, -0.1) is 0 Å². The van der Waals surface area contributed by atoms with E-state index in [9.17, 15) is 14.4 Å². The molecule has 2 N–H and O–H groups in total. The van der Waals surface area contributed by atoms with Crippen molar-refractivity contribution in [2.45, 2.75) is 18.9 Å². The van der Waals surface area contributed by atoms with Gasteiger partial charge in [0.1, 0.15) is 6.04 Å². The van der Waals surface area contributed by atoms with Crippen molar-refractivity contribution in [3.63, 3.8) is 0 Å². The molecule has 1 aliphatic heterocycles. The topological polar surface area (TPSA) is 101 Å². The first kappa shape index (κ1) is 13.2. The number of hydrogen-bond acceptors (Lipinski definition) is 5. The van der Waals surface area contributed by atoms with Crippen molar-refractivity contribution in [1.29, 1.82) is 0 Å². The average molecular weight is 284 g/mol. The lowest BCUT2D eigenvalue weighted by Gasteiger charge is -2.21. The summed E-state index contributed by atoms with van der Waals surface area (Å²) < 4.78 is 0. The van der Waals surface area contributed by atoms with Gasteiger partial charge in [0, 0.05) is 24.4 Å². The molecule has 0 radical (unpaired) electrons. The van der Waals surface area contributed by atoms with Gasteiger partial charge in [-0.1, -0.05) is 0 Å². The van der Waals surface area contributed by atoms with E-state index in [2.05, 4.69) is 20.6 Å². The molecule has 3 amide bonds. The molecule has 21 heavy (non-hydrogen) atoms. The largest absolute Gasteiger partial charge is 0.340 e. The Labute approximate surface area is 119 Å². The molecule has 0 aliphatic carbocycles. The lowest BCUT2D eigenvalue weighted by Crippen LogP contribution is -2.52. The summed E-state index contributed by atoms with van der Waals surface area (Å²) in [4.78, 5) is 43.1. The van der Waals surface area contributed by atoms with Crippen LogP contribution >= 0.6 is 0 Å². The van der Waals surface area contributed by atoms with Crippen molar-refractivity contribution < 1.29 is 14.4 Å². The fourth-order valence-electron chi connectivity index (χ4n) is 2.18. The number of piperidine rings is 1. The smallest absolute Gasteiger partial charge is 0.252 e. The zero-order chi connectivity index (χ0) is 14.8. The molecule has 1 fully saturated rings. The molecule has 1 aliphatic rings. The highest BCUT2D eigenvalue weighted by Gasteiger charge is 2.28. The van der Waals surface area contributed by atoms with E-state index in [0.29, 0.717) is 23.0 Å². The second kappa shape index (κ2) is 5.28. The Kier molecular flexibility index (Phi) is 3.31. The Bertz CT molecular complexity index is 744. The van der Waals surface area contributed by atoms with Gasteiger partial charge in [0.25, 0.3) is 5.91 Å². The molecular weight excluding hydrogens is 272 g/mol. The Morgan fingerprint density at radius 1 is 1.19 bits per heavy atom. The highest BCUT2D eigenvalue weighted by atomic mass is 16.2. The number of aromatic nitrogens is 2. The molecule has 106 valence electrons. The number of hydrogen-bond donors (Lipinski definition) is 2. The van der Waals surface area contributed by atoms with E-state index in [1.807, 2.05) is 0 Å². The summed E-state index contributed by atoms with van der Waals surface area (Å²) in [6.45, 7) is 0. The quantitative estimate of drug-likeness (QED) is 0.765. The second-order valence-electron chi connectivity index (χ2n) is 4.74. The predicted octanol–water partition coefficient (Wildman–Crippen LogP) is 0.165. The van der Waals surface area contributed by atoms with Gasteiger partial charge in [0.2, 0.25) is 11.8 Å². The van der Waals surface area contributed by atoms with E-state index in [4.69, 9.17) is 0 Å². The minimum atomic E-state index is -0.687. The third kappa shape index (κ3) is 2.71. The SMILES string of the molecule is O=C1CCC(NC(=O)c2ccc3nccnc3c2)C(=O)N1. The zero-order valence-electron chi connectivity index (χ0n) is 11.0. The van der Waals surface area contributed by atoms with Crippen molar-refractivity contribution >= 4 is 28.8 Å². The van der Waals surface area contributed by atoms with Crippen LogP contribution in [0.4, 0.5) is 0 Å². The first-order chi connectivity index (χ1) is 10.1. The fraction of sp³-hybridized carbons (Fsp3) is 0.214. The van der Waals surface area contributed by atoms with Crippen LogP contribution in [0.2, 0.25) is 0 Å². The van der Waals surface area contributed by atoms with Gasteiger partial charge >= 0.3 is 0 Å². The van der Waals surface area contributed by atoms with Crippen molar-refractivity contribution in [3.8, 4) is 0 Å². The number of carbonyl (C=O) groups excluding carboxylic acids is 3. The Morgan fingerprint density at radius 2 is 1.95 bits per heavy atom. The first-order valence-electron chi connectivity index (χ1n) is 6.49. The monoisotopic (exact) mass is 284 g/mol. The normalized spacial score (nSPS) is 18.4. The van der Waals surface area contributed by atoms with E-state index >= 15 is 0 Å². The summed E-state index contributed by atoms with van der Waals surface area (Å²) in [6.07, 6.45) is 3.65. The maximum Gasteiger partial charge on any atom is 0.252 e. The standard InChI is InChI=1S/C14H12N4O3/c19-12-4-3-10(14(21)18-12)17-13(20)8-1-2-9-11(7-8)16-6-5-15-9/h1-2,5-7,10H,3-4H2,(H,17,20)(H,18,19,21). The Balaban J connectivity index is 1.77. The zero-order valence-corrected chi connectivity index (χ0v) is 11.0. The van der Waals surface area contributed by atoms with Gasteiger partial charge < -0.3 is 5.32 Å². The Morgan fingerprint density at radius 3 is 2.71 bits per heavy atom. The molecule has 1 aromatic carbocycles. The summed E-state index contributed by atoms with van der Waals surface area (Å²) in [5, 5.41) is 4.82. The van der Waals surface area contributed by atoms with E-state index in [1.54, 1.807) is 30.6 Å². The van der Waals surface area contributed by atoms with Gasteiger partial charge in [-0.05, 0) is 24.6 Å². The van der Waals surface area contributed by atoms with Crippen LogP contribution in [0.5, 0.6) is 0 Å². The van der Waals surface area contributed by atoms with Crippen LogP contribution in [0.25, 0.3) is 11.0 Å². The van der Waals surface area contributed by atoms with Gasteiger partial charge in [-0.2, -0.15) is 0 Å². The minimum Gasteiger partial charge on any atom is -0.340 e. The van der Waals surface area contributed by atoms with Crippen molar-refractivity contribution in [3.05, 3.63) is 36.2 Å². The van der Waals surface area contributed by atoms with Gasteiger partial charge in [-0.25, -0.2) is 0 Å². The molecule has 1 aromatic heterocycles. The Hall–Kier alpha value is -2.83. The lowest BCUT2D eigenvalue weighted by atomic mass is 10.1. The summed E-state index contributed by atoms with van der Waals surface area (Å²) in [6, 6.07) is 4.25. The highest BCUT2D eigenvalue weighted by molar-refractivity contribution is 6.04. The maximum atomic E-state index is 12.2. The molecule has 1 unspecified atom stereocenters. The van der Waals surface area contributed by atoms with E-state index in [-0.39, 0.29) is 18.2 Å². The molecule has 0 spiro atoms. The van der Waals surface area contributed by atoms with Gasteiger partial charge in [-0.3, -0.25) is 29.7 Å². The number of rotatable bonds is 2. The van der Waals surface area contributed by atoms with Crippen LogP contribution in [-0.2, 0) is 9.59 Å². The number of benzene rings is 1. The summed E-state index contributed by atoms with van der Waals surface area (Å²) >= 11 is 0. The molecule has 0 saturated carbocycles. The average Bonchev–Trinajstić information content (AvgIpc) is 2.49. The summed E-state index contributed by atoms with van der Waals surface area (Å²) in [7, 11) is 0. The number of nitrogens with zero attached hydrogens (tertiary/aromatic N) is 2. The van der Waals surface area contributed by atoms with E-state index < -0.39 is 11.9 Å². The highest BCUT2D eigenvalue weighted by Crippen LogP contribution is 2.12. The predicted molar refractivity (Wildman–Crippen MR) is 73.2 cm³/mol. The molecule has 3 rings (SSSR count). The van der Waals surface area contributed by atoms with Crippen LogP contribution in [0.1, 0.15) is 23.2 Å². The summed E-state index contributed by atoms with van der Waals surface area (Å²) in [5.41, 5.74) is 1.69. The van der Waals surface area contributed by atoms with E-state index in [1.165, 1.54) is 0 Å². The number of carbonyl (C=O) groups is 3. The molecular formula is C14H12N4O3. The third-order valence-electron chi connectivity index (χ3n) is 3.28. The van der Waals surface area contributed by atoms with Crippen molar-refractivity contribution in [1.82, 2.24) is 20.6 Å².